The third kappa shape index (κ3) is 5.89. The van der Waals surface area contributed by atoms with Gasteiger partial charge >= 0.3 is 0 Å². The van der Waals surface area contributed by atoms with Gasteiger partial charge < -0.3 is 16.0 Å². The Labute approximate surface area is 209 Å². The Morgan fingerprint density at radius 3 is 2.64 bits per heavy atom. The molecule has 2 heterocycles. The SMILES string of the molecule is N#Cc1c(CCCNC(=O)C2CCCN(C(=O)Cc3ccc(F)cc3)C2)nn(-c2ccccc2)c1N. The summed E-state index contributed by atoms with van der Waals surface area (Å²) in [5.41, 5.74) is 8.63. The number of nitrogens with zero attached hydrogens (tertiary/aromatic N) is 4. The topological polar surface area (TPSA) is 117 Å². The Hall–Kier alpha value is -4.19. The maximum atomic E-state index is 13.1. The predicted octanol–water partition coefficient (Wildman–Crippen LogP) is 3.00. The van der Waals surface area contributed by atoms with Gasteiger partial charge in [0, 0.05) is 19.6 Å². The first kappa shape index (κ1) is 24.9. The average molecular weight is 489 g/mol. The smallest absolute Gasteiger partial charge is 0.227 e. The van der Waals surface area contributed by atoms with Gasteiger partial charge in [0.2, 0.25) is 11.8 Å². The van der Waals surface area contributed by atoms with Gasteiger partial charge in [-0.15, -0.1) is 0 Å². The minimum atomic E-state index is -0.335. The second kappa shape index (κ2) is 11.5. The lowest BCUT2D eigenvalue weighted by molar-refractivity contribution is -0.135. The van der Waals surface area contributed by atoms with Gasteiger partial charge in [0.15, 0.2) is 0 Å². The number of benzene rings is 2. The highest BCUT2D eigenvalue weighted by Crippen LogP contribution is 2.22. The Morgan fingerprint density at radius 1 is 1.17 bits per heavy atom. The second-order valence-electron chi connectivity index (χ2n) is 8.94. The van der Waals surface area contributed by atoms with Crippen molar-refractivity contribution in [3.8, 4) is 11.8 Å². The molecule has 2 aromatic carbocycles. The number of anilines is 1. The van der Waals surface area contributed by atoms with Crippen molar-refractivity contribution in [3.63, 3.8) is 0 Å². The number of nitrogens with two attached hydrogens (primary N) is 1. The van der Waals surface area contributed by atoms with Crippen LogP contribution in [-0.2, 0) is 22.4 Å². The van der Waals surface area contributed by atoms with Crippen LogP contribution in [-0.4, -0.2) is 46.1 Å². The van der Waals surface area contributed by atoms with Gasteiger partial charge in [0.05, 0.1) is 23.7 Å². The molecule has 1 fully saturated rings. The van der Waals surface area contributed by atoms with E-state index in [-0.39, 0.29) is 30.0 Å². The number of amides is 2. The van der Waals surface area contributed by atoms with E-state index >= 15 is 0 Å². The van der Waals surface area contributed by atoms with E-state index in [1.165, 1.54) is 12.1 Å². The molecule has 8 nitrogen and oxygen atoms in total. The van der Waals surface area contributed by atoms with Crippen LogP contribution in [0.3, 0.4) is 0 Å². The second-order valence-corrected chi connectivity index (χ2v) is 8.94. The van der Waals surface area contributed by atoms with Gasteiger partial charge in [-0.2, -0.15) is 10.4 Å². The van der Waals surface area contributed by atoms with Gasteiger partial charge in [0.25, 0.3) is 0 Å². The molecule has 36 heavy (non-hydrogen) atoms. The summed E-state index contributed by atoms with van der Waals surface area (Å²) < 4.78 is 14.7. The fourth-order valence-electron chi connectivity index (χ4n) is 4.46. The van der Waals surface area contributed by atoms with Crippen molar-refractivity contribution in [2.75, 3.05) is 25.4 Å². The lowest BCUT2D eigenvalue weighted by Crippen LogP contribution is -2.46. The van der Waals surface area contributed by atoms with Crippen LogP contribution in [0, 0.1) is 23.1 Å². The molecule has 3 N–H and O–H groups in total. The highest BCUT2D eigenvalue weighted by atomic mass is 19.1. The van der Waals surface area contributed by atoms with Crippen LogP contribution in [0.5, 0.6) is 0 Å². The summed E-state index contributed by atoms with van der Waals surface area (Å²) in [4.78, 5) is 27.2. The van der Waals surface area contributed by atoms with Gasteiger partial charge in [-0.1, -0.05) is 30.3 Å². The molecule has 0 saturated carbocycles. The van der Waals surface area contributed by atoms with E-state index in [1.807, 2.05) is 30.3 Å². The summed E-state index contributed by atoms with van der Waals surface area (Å²) in [5, 5.41) is 17.0. The van der Waals surface area contributed by atoms with Crippen molar-refractivity contribution in [3.05, 3.63) is 77.2 Å². The first-order valence-corrected chi connectivity index (χ1v) is 12.1. The number of likely N-dealkylation sites (tertiary alicyclic amines) is 1. The summed E-state index contributed by atoms with van der Waals surface area (Å²) in [6.45, 7) is 1.43. The third-order valence-electron chi connectivity index (χ3n) is 6.41. The van der Waals surface area contributed by atoms with Crippen molar-refractivity contribution in [2.24, 2.45) is 5.92 Å². The van der Waals surface area contributed by atoms with Gasteiger partial charge in [-0.05, 0) is 55.5 Å². The molecule has 0 spiro atoms. The zero-order valence-electron chi connectivity index (χ0n) is 20.0. The number of nitrogens with one attached hydrogen (secondary N) is 1. The van der Waals surface area contributed by atoms with Gasteiger partial charge in [-0.3, -0.25) is 9.59 Å². The average Bonchev–Trinajstić information content (AvgIpc) is 3.23. The van der Waals surface area contributed by atoms with Crippen molar-refractivity contribution < 1.29 is 14.0 Å². The molecule has 1 atom stereocenters. The van der Waals surface area contributed by atoms with Crippen molar-refractivity contribution in [1.29, 1.82) is 5.26 Å². The molecular weight excluding hydrogens is 459 g/mol. The van der Waals surface area contributed by atoms with Crippen LogP contribution in [0.4, 0.5) is 10.2 Å². The molecule has 1 aromatic heterocycles. The fourth-order valence-corrected chi connectivity index (χ4v) is 4.46. The molecule has 1 aliphatic heterocycles. The zero-order chi connectivity index (χ0) is 25.5. The molecule has 186 valence electrons. The number of hydrogen-bond donors (Lipinski definition) is 2. The zero-order valence-corrected chi connectivity index (χ0v) is 20.0. The Morgan fingerprint density at radius 2 is 1.92 bits per heavy atom. The molecule has 0 aliphatic carbocycles. The normalized spacial score (nSPS) is 15.3. The van der Waals surface area contributed by atoms with Crippen molar-refractivity contribution in [2.45, 2.75) is 32.1 Å². The number of nitriles is 1. The minimum Gasteiger partial charge on any atom is -0.382 e. The maximum absolute atomic E-state index is 13.1. The molecule has 0 radical (unpaired) electrons. The van der Waals surface area contributed by atoms with Gasteiger partial charge in [-0.25, -0.2) is 9.07 Å². The predicted molar refractivity (Wildman–Crippen MR) is 133 cm³/mol. The van der Waals surface area contributed by atoms with Crippen molar-refractivity contribution >= 4 is 17.6 Å². The number of aryl methyl sites for hydroxylation is 1. The van der Waals surface area contributed by atoms with E-state index in [0.717, 1.165) is 24.1 Å². The number of carbonyl (C=O) groups is 2. The summed E-state index contributed by atoms with van der Waals surface area (Å²) in [6.07, 6.45) is 2.78. The number of piperidine rings is 1. The minimum absolute atomic E-state index is 0.0604. The number of rotatable bonds is 8. The van der Waals surface area contributed by atoms with E-state index < -0.39 is 0 Å². The lowest BCUT2D eigenvalue weighted by atomic mass is 9.96. The number of aromatic nitrogens is 2. The van der Waals surface area contributed by atoms with E-state index in [0.29, 0.717) is 49.6 Å². The number of para-hydroxylation sites is 1. The Bertz CT molecular complexity index is 1250. The van der Waals surface area contributed by atoms with Crippen LogP contribution in [0.15, 0.2) is 54.6 Å². The van der Waals surface area contributed by atoms with E-state index in [9.17, 15) is 19.2 Å². The summed E-state index contributed by atoms with van der Waals surface area (Å²) in [7, 11) is 0. The first-order valence-electron chi connectivity index (χ1n) is 12.1. The fraction of sp³-hybridized carbons (Fsp3) is 0.333. The standard InChI is InChI=1S/C27H29FN6O2/c28-21-12-10-19(11-13-21)16-25(35)33-15-5-6-20(18-33)27(36)31-14-4-9-24-23(17-29)26(30)34(32-24)22-7-2-1-3-8-22/h1-3,7-8,10-13,20H,4-6,9,14-16,18,30H2,(H,31,36). The number of halogens is 1. The highest BCUT2D eigenvalue weighted by Gasteiger charge is 2.28. The third-order valence-corrected chi connectivity index (χ3v) is 6.41. The lowest BCUT2D eigenvalue weighted by Gasteiger charge is -2.32. The van der Waals surface area contributed by atoms with Crippen LogP contribution in [0.2, 0.25) is 0 Å². The van der Waals surface area contributed by atoms with Gasteiger partial charge in [0.1, 0.15) is 23.3 Å². The van der Waals surface area contributed by atoms with Crippen LogP contribution in [0.25, 0.3) is 5.69 Å². The molecule has 1 unspecified atom stereocenters. The maximum Gasteiger partial charge on any atom is 0.227 e. The summed E-state index contributed by atoms with van der Waals surface area (Å²) in [5.74, 6) is -0.439. The molecule has 0 bridgehead atoms. The van der Waals surface area contributed by atoms with E-state index in [4.69, 9.17) is 5.73 Å². The van der Waals surface area contributed by atoms with Crippen LogP contribution < -0.4 is 11.1 Å². The molecule has 9 heteroatoms. The van der Waals surface area contributed by atoms with E-state index in [2.05, 4.69) is 16.5 Å². The molecule has 3 aromatic rings. The largest absolute Gasteiger partial charge is 0.382 e. The van der Waals surface area contributed by atoms with Crippen molar-refractivity contribution in [1.82, 2.24) is 20.0 Å². The first-order chi connectivity index (χ1) is 17.5. The molecule has 1 saturated heterocycles. The summed E-state index contributed by atoms with van der Waals surface area (Å²) >= 11 is 0. The Kier molecular flexibility index (Phi) is 7.95. The molecule has 4 rings (SSSR count). The number of nitrogen functional groups attached to an aromatic ring is 1. The summed E-state index contributed by atoms with van der Waals surface area (Å²) in [6, 6.07) is 17.4. The number of carbonyl (C=O) groups excluding carboxylic acids is 2. The quantitative estimate of drug-likeness (QED) is 0.473. The van der Waals surface area contributed by atoms with Crippen LogP contribution in [0.1, 0.15) is 36.1 Å². The Balaban J connectivity index is 1.27. The van der Waals surface area contributed by atoms with Crippen LogP contribution >= 0.6 is 0 Å². The highest BCUT2D eigenvalue weighted by molar-refractivity contribution is 5.82. The molecule has 1 aliphatic rings. The van der Waals surface area contributed by atoms with E-state index in [1.54, 1.807) is 21.7 Å². The number of hydrogen-bond acceptors (Lipinski definition) is 5. The molecular formula is C27H29FN6O2. The monoisotopic (exact) mass is 488 g/mol. The molecule has 2 amide bonds.